The zero-order valence-electron chi connectivity index (χ0n) is 20.7. The molecule has 0 saturated carbocycles. The van der Waals surface area contributed by atoms with Crippen LogP contribution in [-0.4, -0.2) is 86.0 Å². The molecule has 180 valence electrons. The summed E-state index contributed by atoms with van der Waals surface area (Å²) in [5.41, 5.74) is 0. The van der Waals surface area contributed by atoms with Crippen LogP contribution in [0.5, 0.6) is 0 Å². The first-order valence-corrected chi connectivity index (χ1v) is 11.6. The van der Waals surface area contributed by atoms with Crippen LogP contribution in [0, 0.1) is 11.8 Å². The van der Waals surface area contributed by atoms with Gasteiger partial charge in [-0.15, -0.1) is 0 Å². The van der Waals surface area contributed by atoms with E-state index in [-0.39, 0.29) is 60.6 Å². The third kappa shape index (κ3) is 7.45. The summed E-state index contributed by atoms with van der Waals surface area (Å²) >= 11 is 0. The quantitative estimate of drug-likeness (QED) is 0.481. The lowest BCUT2D eigenvalue weighted by Gasteiger charge is -2.38. The van der Waals surface area contributed by atoms with Crippen molar-refractivity contribution < 1.29 is 19.1 Å². The molecule has 1 heterocycles. The SMILES string of the molecule is CCC(C)C(C(CC(=O)N1CCCC1C)OC)N(C)C(=O)CNC(=O)C(NC)C(C)C. The maximum atomic E-state index is 12.9. The number of likely N-dealkylation sites (tertiary alicyclic amines) is 1. The number of rotatable bonds is 12. The van der Waals surface area contributed by atoms with Crippen molar-refractivity contribution in [1.82, 2.24) is 20.4 Å². The molecule has 5 unspecified atom stereocenters. The van der Waals surface area contributed by atoms with Crippen LogP contribution in [0.3, 0.4) is 0 Å². The minimum absolute atomic E-state index is 0.0769. The van der Waals surface area contributed by atoms with E-state index in [0.29, 0.717) is 0 Å². The maximum Gasteiger partial charge on any atom is 0.242 e. The van der Waals surface area contributed by atoms with E-state index in [9.17, 15) is 14.4 Å². The highest BCUT2D eigenvalue weighted by molar-refractivity contribution is 5.87. The molecule has 8 nitrogen and oxygen atoms in total. The van der Waals surface area contributed by atoms with E-state index in [4.69, 9.17) is 4.74 Å². The molecule has 0 spiro atoms. The Kier molecular flexibility index (Phi) is 11.5. The monoisotopic (exact) mass is 440 g/mol. The van der Waals surface area contributed by atoms with Crippen molar-refractivity contribution in [3.63, 3.8) is 0 Å². The third-order valence-electron chi connectivity index (χ3n) is 6.67. The molecular weight excluding hydrogens is 396 g/mol. The number of carbonyl (C=O) groups is 3. The number of methoxy groups -OCH3 is 1. The van der Waals surface area contributed by atoms with Crippen molar-refractivity contribution in [3.05, 3.63) is 0 Å². The summed E-state index contributed by atoms with van der Waals surface area (Å²) in [5, 5.41) is 5.73. The lowest BCUT2D eigenvalue weighted by molar-refractivity contribution is -0.142. The van der Waals surface area contributed by atoms with Crippen LogP contribution in [0.2, 0.25) is 0 Å². The highest BCUT2D eigenvalue weighted by atomic mass is 16.5. The lowest BCUT2D eigenvalue weighted by atomic mass is 9.90. The minimum Gasteiger partial charge on any atom is -0.379 e. The fourth-order valence-corrected chi connectivity index (χ4v) is 4.51. The van der Waals surface area contributed by atoms with Crippen LogP contribution in [0.15, 0.2) is 0 Å². The molecule has 0 radical (unpaired) electrons. The van der Waals surface area contributed by atoms with Gasteiger partial charge in [0, 0.05) is 26.7 Å². The standard InChI is InChI=1S/C23H44N4O4/c1-9-16(4)22(18(31-8)13-19(28)27-12-10-11-17(27)5)26(7)20(29)14-25-23(30)21(24-6)15(2)3/h15-18,21-22,24H,9-14H2,1-8H3,(H,25,30). The molecule has 0 aliphatic carbocycles. The molecule has 0 bridgehead atoms. The minimum atomic E-state index is -0.402. The van der Waals surface area contributed by atoms with Crippen LogP contribution < -0.4 is 10.6 Å². The summed E-state index contributed by atoms with van der Waals surface area (Å²) in [4.78, 5) is 41.8. The molecule has 31 heavy (non-hydrogen) atoms. The Bertz CT molecular complexity index is 598. The molecule has 2 N–H and O–H groups in total. The van der Waals surface area contributed by atoms with E-state index >= 15 is 0 Å². The number of nitrogens with zero attached hydrogens (tertiary/aromatic N) is 2. The van der Waals surface area contributed by atoms with E-state index in [0.717, 1.165) is 25.8 Å². The van der Waals surface area contributed by atoms with Gasteiger partial charge in [-0.3, -0.25) is 14.4 Å². The van der Waals surface area contributed by atoms with Crippen LogP contribution in [0.1, 0.15) is 60.3 Å². The summed E-state index contributed by atoms with van der Waals surface area (Å²) < 4.78 is 5.75. The van der Waals surface area contributed by atoms with Gasteiger partial charge in [-0.25, -0.2) is 0 Å². The first-order chi connectivity index (χ1) is 14.6. The predicted molar refractivity (Wildman–Crippen MR) is 123 cm³/mol. The van der Waals surface area contributed by atoms with E-state index in [2.05, 4.69) is 31.4 Å². The van der Waals surface area contributed by atoms with Gasteiger partial charge in [-0.1, -0.05) is 34.1 Å². The number of hydrogen-bond acceptors (Lipinski definition) is 5. The summed E-state index contributed by atoms with van der Waals surface area (Å²) in [7, 11) is 5.07. The summed E-state index contributed by atoms with van der Waals surface area (Å²) in [5.74, 6) is -0.0584. The Balaban J connectivity index is 2.86. The summed E-state index contributed by atoms with van der Waals surface area (Å²) in [6, 6.07) is -0.357. The van der Waals surface area contributed by atoms with Crippen molar-refractivity contribution in [1.29, 1.82) is 0 Å². The Hall–Kier alpha value is -1.67. The molecule has 5 atom stereocenters. The number of carbonyl (C=O) groups excluding carboxylic acids is 3. The van der Waals surface area contributed by atoms with Gasteiger partial charge in [0.25, 0.3) is 0 Å². The zero-order chi connectivity index (χ0) is 23.7. The topological polar surface area (TPSA) is 91.0 Å². The fraction of sp³-hybridized carbons (Fsp3) is 0.870. The van der Waals surface area contributed by atoms with Crippen LogP contribution >= 0.6 is 0 Å². The van der Waals surface area contributed by atoms with Crippen LogP contribution in [-0.2, 0) is 19.1 Å². The number of ether oxygens (including phenoxy) is 1. The van der Waals surface area contributed by atoms with Crippen LogP contribution in [0.4, 0.5) is 0 Å². The summed E-state index contributed by atoms with van der Waals surface area (Å²) in [6.07, 6.45) is 2.75. The van der Waals surface area contributed by atoms with E-state index in [1.807, 2.05) is 18.7 Å². The van der Waals surface area contributed by atoms with Crippen molar-refractivity contribution in [3.8, 4) is 0 Å². The zero-order valence-corrected chi connectivity index (χ0v) is 20.7. The van der Waals surface area contributed by atoms with Crippen LogP contribution in [0.25, 0.3) is 0 Å². The molecule has 3 amide bonds. The molecule has 1 saturated heterocycles. The second-order valence-electron chi connectivity index (χ2n) is 9.17. The lowest BCUT2D eigenvalue weighted by Crippen LogP contribution is -2.54. The molecule has 1 aliphatic heterocycles. The van der Waals surface area contributed by atoms with E-state index in [1.165, 1.54) is 0 Å². The normalized spacial score (nSPS) is 20.3. The van der Waals surface area contributed by atoms with Gasteiger partial charge >= 0.3 is 0 Å². The largest absolute Gasteiger partial charge is 0.379 e. The van der Waals surface area contributed by atoms with E-state index < -0.39 is 6.10 Å². The molecule has 1 rings (SSSR count). The van der Waals surface area contributed by atoms with Crippen molar-refractivity contribution in [2.45, 2.75) is 84.5 Å². The highest BCUT2D eigenvalue weighted by Gasteiger charge is 2.36. The van der Waals surface area contributed by atoms with Gasteiger partial charge in [-0.05, 0) is 38.6 Å². The van der Waals surface area contributed by atoms with Crippen molar-refractivity contribution in [2.24, 2.45) is 11.8 Å². The molecule has 0 aromatic heterocycles. The first-order valence-electron chi connectivity index (χ1n) is 11.6. The number of hydrogen-bond donors (Lipinski definition) is 2. The third-order valence-corrected chi connectivity index (χ3v) is 6.67. The van der Waals surface area contributed by atoms with Crippen molar-refractivity contribution in [2.75, 3.05) is 34.3 Å². The molecule has 1 fully saturated rings. The second-order valence-corrected chi connectivity index (χ2v) is 9.17. The average molecular weight is 441 g/mol. The second kappa shape index (κ2) is 13.0. The number of amides is 3. The molecular formula is C23H44N4O4. The Morgan fingerprint density at radius 2 is 1.87 bits per heavy atom. The van der Waals surface area contributed by atoms with Gasteiger partial charge in [0.15, 0.2) is 0 Å². The molecule has 1 aliphatic rings. The van der Waals surface area contributed by atoms with E-state index in [1.54, 1.807) is 26.1 Å². The maximum absolute atomic E-state index is 12.9. The van der Waals surface area contributed by atoms with Crippen molar-refractivity contribution >= 4 is 17.7 Å². The Morgan fingerprint density at radius 1 is 1.23 bits per heavy atom. The molecule has 0 aromatic rings. The highest BCUT2D eigenvalue weighted by Crippen LogP contribution is 2.24. The summed E-state index contributed by atoms with van der Waals surface area (Å²) in [6.45, 7) is 10.8. The molecule has 8 heteroatoms. The fourth-order valence-electron chi connectivity index (χ4n) is 4.51. The van der Waals surface area contributed by atoms with Gasteiger partial charge in [0.1, 0.15) is 0 Å². The number of nitrogens with one attached hydrogen (secondary N) is 2. The van der Waals surface area contributed by atoms with Gasteiger partial charge in [0.05, 0.1) is 31.2 Å². The Morgan fingerprint density at radius 3 is 2.32 bits per heavy atom. The molecule has 0 aromatic carbocycles. The Labute approximate surface area is 188 Å². The van der Waals surface area contributed by atoms with Gasteiger partial charge in [0.2, 0.25) is 17.7 Å². The van der Waals surface area contributed by atoms with Gasteiger partial charge in [-0.2, -0.15) is 0 Å². The smallest absolute Gasteiger partial charge is 0.242 e. The predicted octanol–water partition coefficient (Wildman–Crippen LogP) is 1.64. The first kappa shape index (κ1) is 27.4. The van der Waals surface area contributed by atoms with Gasteiger partial charge < -0.3 is 25.2 Å². The number of likely N-dealkylation sites (N-methyl/N-ethyl adjacent to an activating group) is 2. The average Bonchev–Trinajstić information content (AvgIpc) is 3.16.